The average molecular weight is 291 g/mol. The van der Waals surface area contributed by atoms with Crippen molar-refractivity contribution < 1.29 is 9.90 Å². The highest BCUT2D eigenvalue weighted by Gasteiger charge is 2.59. The zero-order valence-corrected chi connectivity index (χ0v) is 13.5. The molecule has 4 unspecified atom stereocenters. The number of hydrogen-bond donors (Lipinski definition) is 1. The smallest absolute Gasteiger partial charge is 0.228 e. The van der Waals surface area contributed by atoms with Gasteiger partial charge in [-0.05, 0) is 69.1 Å². The zero-order chi connectivity index (χ0) is 14.8. The van der Waals surface area contributed by atoms with Crippen LogP contribution < -0.4 is 0 Å². The maximum absolute atomic E-state index is 13.3. The first-order valence-corrected chi connectivity index (χ1v) is 8.87. The van der Waals surface area contributed by atoms with Gasteiger partial charge in [0.2, 0.25) is 5.91 Å². The molecule has 1 aliphatic heterocycles. The Bertz CT molecular complexity index is 444. The van der Waals surface area contributed by atoms with Crippen LogP contribution in [-0.4, -0.2) is 35.1 Å². The van der Waals surface area contributed by atoms with Crippen LogP contribution in [0.15, 0.2) is 0 Å². The fourth-order valence-corrected chi connectivity index (χ4v) is 6.67. The van der Waals surface area contributed by atoms with Crippen LogP contribution >= 0.6 is 0 Å². The summed E-state index contributed by atoms with van der Waals surface area (Å²) in [6, 6.07) is 0. The second kappa shape index (κ2) is 4.47. The second-order valence-electron chi connectivity index (χ2n) is 9.09. The Hall–Kier alpha value is -0.570. The minimum Gasteiger partial charge on any atom is -0.393 e. The van der Waals surface area contributed by atoms with E-state index in [0.717, 1.165) is 50.6 Å². The van der Waals surface area contributed by atoms with Crippen LogP contribution in [0.5, 0.6) is 0 Å². The van der Waals surface area contributed by atoms with Crippen molar-refractivity contribution in [3.05, 3.63) is 0 Å². The van der Waals surface area contributed by atoms with Crippen molar-refractivity contribution in [1.82, 2.24) is 4.90 Å². The van der Waals surface area contributed by atoms with E-state index >= 15 is 0 Å². The Morgan fingerprint density at radius 2 is 1.90 bits per heavy atom. The Kier molecular flexibility index (Phi) is 2.99. The number of likely N-dealkylation sites (tertiary alicyclic amines) is 1. The summed E-state index contributed by atoms with van der Waals surface area (Å²) in [5, 5.41) is 9.79. The molecule has 4 atom stereocenters. The predicted molar refractivity (Wildman–Crippen MR) is 81.6 cm³/mol. The molecule has 0 aromatic heterocycles. The summed E-state index contributed by atoms with van der Waals surface area (Å²) in [7, 11) is 0. The van der Waals surface area contributed by atoms with Crippen molar-refractivity contribution in [3.8, 4) is 0 Å². The molecule has 4 saturated carbocycles. The summed E-state index contributed by atoms with van der Waals surface area (Å²) < 4.78 is 0. The number of carbonyl (C=O) groups is 1. The van der Waals surface area contributed by atoms with Crippen molar-refractivity contribution in [1.29, 1.82) is 0 Å². The van der Waals surface area contributed by atoms with Crippen LogP contribution in [-0.2, 0) is 4.79 Å². The summed E-state index contributed by atoms with van der Waals surface area (Å²) in [6.07, 6.45) is 8.20. The lowest BCUT2D eigenvalue weighted by Crippen LogP contribution is -2.57. The third-order valence-corrected chi connectivity index (χ3v) is 7.00. The molecule has 1 N–H and O–H groups in total. The van der Waals surface area contributed by atoms with Gasteiger partial charge in [-0.25, -0.2) is 0 Å². The van der Waals surface area contributed by atoms with E-state index in [1.54, 1.807) is 0 Å². The summed E-state index contributed by atoms with van der Waals surface area (Å²) in [4.78, 5) is 15.3. The van der Waals surface area contributed by atoms with Gasteiger partial charge in [-0.3, -0.25) is 4.79 Å². The number of amides is 1. The average Bonchev–Trinajstić information content (AvgIpc) is 2.84. The minimum absolute atomic E-state index is 0.0353. The molecular formula is C18H29NO2. The van der Waals surface area contributed by atoms with E-state index in [1.807, 2.05) is 6.92 Å². The van der Waals surface area contributed by atoms with Crippen LogP contribution in [0.25, 0.3) is 0 Å². The number of hydrogen-bond acceptors (Lipinski definition) is 2. The fraction of sp³-hybridized carbons (Fsp3) is 0.944. The van der Waals surface area contributed by atoms with E-state index in [2.05, 4.69) is 11.8 Å². The molecule has 5 rings (SSSR count). The molecular weight excluding hydrogens is 262 g/mol. The molecule has 0 spiro atoms. The van der Waals surface area contributed by atoms with Gasteiger partial charge in [0, 0.05) is 19.0 Å². The molecule has 21 heavy (non-hydrogen) atoms. The van der Waals surface area contributed by atoms with E-state index in [0.29, 0.717) is 17.2 Å². The topological polar surface area (TPSA) is 40.5 Å². The SMILES string of the molecule is CC(O)C1CCN(C(=O)C23CC4CC(CC(C)(C4)C2)C3)C1. The minimum atomic E-state index is -0.281. The normalized spacial score (nSPS) is 49.7. The van der Waals surface area contributed by atoms with Gasteiger partial charge in [0.15, 0.2) is 0 Å². The van der Waals surface area contributed by atoms with Crippen LogP contribution in [0.1, 0.15) is 58.8 Å². The molecule has 0 radical (unpaired) electrons. The van der Waals surface area contributed by atoms with Gasteiger partial charge >= 0.3 is 0 Å². The summed E-state index contributed by atoms with van der Waals surface area (Å²) in [6.45, 7) is 5.94. The molecule has 1 saturated heterocycles. The first-order valence-electron chi connectivity index (χ1n) is 8.87. The predicted octanol–water partition coefficient (Wildman–Crippen LogP) is 2.82. The molecule has 0 aromatic rings. The lowest BCUT2D eigenvalue weighted by molar-refractivity contribution is -0.165. The van der Waals surface area contributed by atoms with Crippen molar-refractivity contribution in [2.45, 2.75) is 64.9 Å². The van der Waals surface area contributed by atoms with E-state index in [-0.39, 0.29) is 11.5 Å². The van der Waals surface area contributed by atoms with Crippen LogP contribution in [0, 0.1) is 28.6 Å². The van der Waals surface area contributed by atoms with Crippen molar-refractivity contribution in [3.63, 3.8) is 0 Å². The number of rotatable bonds is 2. The summed E-state index contributed by atoms with van der Waals surface area (Å²) in [5.41, 5.74) is 0.398. The fourth-order valence-electron chi connectivity index (χ4n) is 6.67. The molecule has 5 aliphatic rings. The standard InChI is InChI=1S/C18H29NO2/c1-12(20)15-3-4-19(10-15)16(21)18-8-13-5-14(9-18)7-17(2,6-13)11-18/h12-15,20H,3-11H2,1-2H3. The molecule has 0 aromatic carbocycles. The van der Waals surface area contributed by atoms with Crippen molar-refractivity contribution >= 4 is 5.91 Å². The quantitative estimate of drug-likeness (QED) is 0.850. The van der Waals surface area contributed by atoms with Gasteiger partial charge in [0.1, 0.15) is 0 Å². The highest BCUT2D eigenvalue weighted by molar-refractivity contribution is 5.83. The van der Waals surface area contributed by atoms with Crippen LogP contribution in [0.2, 0.25) is 0 Å². The lowest BCUT2D eigenvalue weighted by Gasteiger charge is -2.61. The molecule has 5 fully saturated rings. The molecule has 118 valence electrons. The van der Waals surface area contributed by atoms with Gasteiger partial charge in [-0.15, -0.1) is 0 Å². The van der Waals surface area contributed by atoms with Crippen LogP contribution in [0.4, 0.5) is 0 Å². The number of aliphatic hydroxyl groups is 1. The Morgan fingerprint density at radius 1 is 1.24 bits per heavy atom. The Balaban J connectivity index is 1.55. The summed E-state index contributed by atoms with van der Waals surface area (Å²) >= 11 is 0. The highest BCUT2D eigenvalue weighted by Crippen LogP contribution is 2.65. The third kappa shape index (κ3) is 2.15. The first kappa shape index (κ1) is 14.0. The molecule has 4 bridgehead atoms. The third-order valence-electron chi connectivity index (χ3n) is 7.00. The van der Waals surface area contributed by atoms with Gasteiger partial charge in [0.05, 0.1) is 11.5 Å². The van der Waals surface area contributed by atoms with E-state index in [9.17, 15) is 9.90 Å². The molecule has 3 nitrogen and oxygen atoms in total. The van der Waals surface area contributed by atoms with Gasteiger partial charge in [-0.1, -0.05) is 6.92 Å². The molecule has 4 aliphatic carbocycles. The maximum atomic E-state index is 13.3. The molecule has 1 heterocycles. The summed E-state index contributed by atoms with van der Waals surface area (Å²) in [5.74, 6) is 2.33. The largest absolute Gasteiger partial charge is 0.393 e. The lowest BCUT2D eigenvalue weighted by atomic mass is 9.44. The number of aliphatic hydroxyl groups excluding tert-OH is 1. The monoisotopic (exact) mass is 291 g/mol. The van der Waals surface area contributed by atoms with Crippen molar-refractivity contribution in [2.24, 2.45) is 28.6 Å². The Labute approximate surface area is 128 Å². The van der Waals surface area contributed by atoms with Crippen LogP contribution in [0.3, 0.4) is 0 Å². The molecule has 1 amide bonds. The van der Waals surface area contributed by atoms with Gasteiger partial charge < -0.3 is 10.0 Å². The Morgan fingerprint density at radius 3 is 2.43 bits per heavy atom. The zero-order valence-electron chi connectivity index (χ0n) is 13.5. The number of nitrogens with zero attached hydrogens (tertiary/aromatic N) is 1. The van der Waals surface area contributed by atoms with E-state index < -0.39 is 0 Å². The van der Waals surface area contributed by atoms with E-state index in [4.69, 9.17) is 0 Å². The molecule has 3 heteroatoms. The first-order chi connectivity index (χ1) is 9.89. The maximum Gasteiger partial charge on any atom is 0.228 e. The highest BCUT2D eigenvalue weighted by atomic mass is 16.3. The second-order valence-corrected chi connectivity index (χ2v) is 9.09. The van der Waals surface area contributed by atoms with E-state index in [1.165, 1.54) is 19.3 Å². The van der Waals surface area contributed by atoms with Gasteiger partial charge in [-0.2, -0.15) is 0 Å². The van der Waals surface area contributed by atoms with Gasteiger partial charge in [0.25, 0.3) is 0 Å². The van der Waals surface area contributed by atoms with Crippen molar-refractivity contribution in [2.75, 3.05) is 13.1 Å². The number of carbonyl (C=O) groups excluding carboxylic acids is 1.